The van der Waals surface area contributed by atoms with E-state index in [1.807, 2.05) is 6.07 Å². The maximum atomic E-state index is 5.44. The van der Waals surface area contributed by atoms with Gasteiger partial charge in [0, 0.05) is 18.7 Å². The molecule has 0 unspecified atom stereocenters. The molecule has 0 amide bonds. The van der Waals surface area contributed by atoms with Crippen molar-refractivity contribution in [3.8, 4) is 11.8 Å². The smallest absolute Gasteiger partial charge is 0.0555 e. The quantitative estimate of drug-likeness (QED) is 0.806. The van der Waals surface area contributed by atoms with Crippen LogP contribution in [0.2, 0.25) is 0 Å². The standard InChI is InChI=1S/C16H22N2/c1-16(2)9-11-18(13-16)12-15-7-4-3-6-14(15)8-5-10-17/h3-4,6-7H,9-13,17H2,1-2H3. The van der Waals surface area contributed by atoms with Crippen LogP contribution < -0.4 is 5.73 Å². The number of nitrogens with zero attached hydrogens (tertiary/aromatic N) is 1. The highest BCUT2D eigenvalue weighted by atomic mass is 15.1. The predicted molar refractivity (Wildman–Crippen MR) is 76.0 cm³/mol. The number of benzene rings is 1. The van der Waals surface area contributed by atoms with Gasteiger partial charge in [-0.1, -0.05) is 43.9 Å². The van der Waals surface area contributed by atoms with Gasteiger partial charge in [0.1, 0.15) is 0 Å². The molecule has 2 heteroatoms. The van der Waals surface area contributed by atoms with Crippen molar-refractivity contribution in [3.05, 3.63) is 35.4 Å². The van der Waals surface area contributed by atoms with Crippen LogP contribution in [0.15, 0.2) is 24.3 Å². The molecule has 18 heavy (non-hydrogen) atoms. The Kier molecular flexibility index (Phi) is 4.06. The molecule has 1 aliphatic heterocycles. The van der Waals surface area contributed by atoms with E-state index in [-0.39, 0.29) is 0 Å². The second-order valence-electron chi connectivity index (χ2n) is 5.79. The van der Waals surface area contributed by atoms with E-state index in [1.54, 1.807) is 0 Å². The zero-order valence-electron chi connectivity index (χ0n) is 11.4. The van der Waals surface area contributed by atoms with Gasteiger partial charge < -0.3 is 5.73 Å². The first-order valence-electron chi connectivity index (χ1n) is 6.60. The Morgan fingerprint density at radius 2 is 2.11 bits per heavy atom. The third-order valence-electron chi connectivity index (χ3n) is 3.49. The van der Waals surface area contributed by atoms with Crippen LogP contribution in [0.1, 0.15) is 31.4 Å². The van der Waals surface area contributed by atoms with E-state index in [0.29, 0.717) is 12.0 Å². The van der Waals surface area contributed by atoms with Gasteiger partial charge in [-0.3, -0.25) is 4.90 Å². The summed E-state index contributed by atoms with van der Waals surface area (Å²) in [4.78, 5) is 2.52. The Morgan fingerprint density at radius 3 is 2.78 bits per heavy atom. The average molecular weight is 242 g/mol. The normalized spacial score (nSPS) is 18.4. The van der Waals surface area contributed by atoms with Crippen molar-refractivity contribution in [2.75, 3.05) is 19.6 Å². The van der Waals surface area contributed by atoms with E-state index in [0.717, 1.165) is 12.1 Å². The molecule has 0 aliphatic carbocycles. The Morgan fingerprint density at radius 1 is 1.33 bits per heavy atom. The fourth-order valence-corrected chi connectivity index (χ4v) is 2.53. The molecule has 0 saturated carbocycles. The zero-order valence-corrected chi connectivity index (χ0v) is 11.4. The van der Waals surface area contributed by atoms with Gasteiger partial charge in [0.25, 0.3) is 0 Å². The molecule has 2 rings (SSSR count). The maximum Gasteiger partial charge on any atom is 0.0555 e. The molecule has 0 radical (unpaired) electrons. The Balaban J connectivity index is 2.10. The number of likely N-dealkylation sites (tertiary alicyclic amines) is 1. The van der Waals surface area contributed by atoms with Crippen molar-refractivity contribution in [3.63, 3.8) is 0 Å². The highest BCUT2D eigenvalue weighted by molar-refractivity contribution is 5.41. The van der Waals surface area contributed by atoms with Gasteiger partial charge in [0.15, 0.2) is 0 Å². The predicted octanol–water partition coefficient (Wildman–Crippen LogP) is 2.23. The number of hydrogen-bond donors (Lipinski definition) is 1. The SMILES string of the molecule is CC1(C)CCN(Cc2ccccc2C#CCN)C1. The molecule has 1 aromatic carbocycles. The minimum atomic E-state index is 0.422. The third-order valence-corrected chi connectivity index (χ3v) is 3.49. The Labute approximate surface area is 110 Å². The summed E-state index contributed by atoms with van der Waals surface area (Å²) in [6.45, 7) is 8.46. The maximum absolute atomic E-state index is 5.44. The topological polar surface area (TPSA) is 29.3 Å². The second-order valence-corrected chi connectivity index (χ2v) is 5.79. The molecule has 0 bridgehead atoms. The minimum absolute atomic E-state index is 0.422. The second kappa shape index (κ2) is 5.56. The first kappa shape index (κ1) is 13.1. The molecule has 2 N–H and O–H groups in total. The lowest BCUT2D eigenvalue weighted by molar-refractivity contribution is 0.284. The van der Waals surface area contributed by atoms with Gasteiger partial charge >= 0.3 is 0 Å². The summed E-state index contributed by atoms with van der Waals surface area (Å²) in [7, 11) is 0. The van der Waals surface area contributed by atoms with Crippen LogP contribution in [0.25, 0.3) is 0 Å². The molecule has 1 fully saturated rings. The highest BCUT2D eigenvalue weighted by Gasteiger charge is 2.29. The monoisotopic (exact) mass is 242 g/mol. The molecule has 1 saturated heterocycles. The average Bonchev–Trinajstić information content (AvgIpc) is 2.68. The lowest BCUT2D eigenvalue weighted by Gasteiger charge is -2.20. The summed E-state index contributed by atoms with van der Waals surface area (Å²) in [5, 5.41) is 0. The van der Waals surface area contributed by atoms with E-state index in [2.05, 4.69) is 48.8 Å². The van der Waals surface area contributed by atoms with E-state index in [9.17, 15) is 0 Å². The van der Waals surface area contributed by atoms with Crippen LogP contribution in [0, 0.1) is 17.3 Å². The fourth-order valence-electron chi connectivity index (χ4n) is 2.53. The molecular formula is C16H22N2. The zero-order chi connectivity index (χ0) is 13.0. The van der Waals surface area contributed by atoms with Crippen molar-refractivity contribution < 1.29 is 0 Å². The van der Waals surface area contributed by atoms with Crippen molar-refractivity contribution in [1.82, 2.24) is 4.90 Å². The van der Waals surface area contributed by atoms with Gasteiger partial charge in [-0.25, -0.2) is 0 Å². The summed E-state index contributed by atoms with van der Waals surface area (Å²) in [6.07, 6.45) is 1.28. The van der Waals surface area contributed by atoms with Crippen LogP contribution >= 0.6 is 0 Å². The number of hydrogen-bond acceptors (Lipinski definition) is 2. The highest BCUT2D eigenvalue weighted by Crippen LogP contribution is 2.30. The molecule has 1 aliphatic rings. The number of nitrogens with two attached hydrogens (primary N) is 1. The van der Waals surface area contributed by atoms with E-state index < -0.39 is 0 Å². The van der Waals surface area contributed by atoms with Crippen molar-refractivity contribution in [2.45, 2.75) is 26.8 Å². The largest absolute Gasteiger partial charge is 0.320 e. The lowest BCUT2D eigenvalue weighted by Crippen LogP contribution is -2.23. The van der Waals surface area contributed by atoms with E-state index in [1.165, 1.54) is 25.1 Å². The molecule has 0 spiro atoms. The van der Waals surface area contributed by atoms with Crippen molar-refractivity contribution in [2.24, 2.45) is 11.1 Å². The van der Waals surface area contributed by atoms with Gasteiger partial charge in [-0.15, -0.1) is 0 Å². The van der Waals surface area contributed by atoms with Gasteiger partial charge in [0.2, 0.25) is 0 Å². The van der Waals surface area contributed by atoms with Crippen LogP contribution in [0.4, 0.5) is 0 Å². The summed E-state index contributed by atoms with van der Waals surface area (Å²) < 4.78 is 0. The van der Waals surface area contributed by atoms with Crippen LogP contribution in [-0.4, -0.2) is 24.5 Å². The summed E-state index contributed by atoms with van der Waals surface area (Å²) in [5.74, 6) is 6.11. The summed E-state index contributed by atoms with van der Waals surface area (Å²) in [6, 6.07) is 8.38. The molecule has 1 heterocycles. The Hall–Kier alpha value is -1.30. The van der Waals surface area contributed by atoms with E-state index >= 15 is 0 Å². The number of rotatable bonds is 2. The van der Waals surface area contributed by atoms with Crippen molar-refractivity contribution in [1.29, 1.82) is 0 Å². The minimum Gasteiger partial charge on any atom is -0.320 e. The van der Waals surface area contributed by atoms with Crippen molar-refractivity contribution >= 4 is 0 Å². The van der Waals surface area contributed by atoms with Crippen LogP contribution in [0.5, 0.6) is 0 Å². The molecule has 96 valence electrons. The van der Waals surface area contributed by atoms with Gasteiger partial charge in [-0.05, 0) is 30.0 Å². The molecule has 2 nitrogen and oxygen atoms in total. The fraction of sp³-hybridized carbons (Fsp3) is 0.500. The molecule has 0 aromatic heterocycles. The first-order chi connectivity index (χ1) is 8.61. The first-order valence-corrected chi connectivity index (χ1v) is 6.60. The van der Waals surface area contributed by atoms with Crippen LogP contribution in [0.3, 0.4) is 0 Å². The lowest BCUT2D eigenvalue weighted by atomic mass is 9.93. The summed E-state index contributed by atoms with van der Waals surface area (Å²) in [5.41, 5.74) is 8.33. The van der Waals surface area contributed by atoms with Crippen LogP contribution in [-0.2, 0) is 6.54 Å². The van der Waals surface area contributed by atoms with Gasteiger partial charge in [0.05, 0.1) is 6.54 Å². The van der Waals surface area contributed by atoms with E-state index in [4.69, 9.17) is 5.73 Å². The molecule has 1 aromatic rings. The molecule has 0 atom stereocenters. The summed E-state index contributed by atoms with van der Waals surface area (Å²) >= 11 is 0. The van der Waals surface area contributed by atoms with Gasteiger partial charge in [-0.2, -0.15) is 0 Å². The Bertz CT molecular complexity index is 465. The third kappa shape index (κ3) is 3.35. The molecular weight excluding hydrogens is 220 g/mol.